The second-order valence-electron chi connectivity index (χ2n) is 5.15. The zero-order valence-corrected chi connectivity index (χ0v) is 13.7. The zero-order valence-electron chi connectivity index (χ0n) is 12.1. The molecular formula is C17H17BrN2O2. The van der Waals surface area contributed by atoms with Crippen molar-refractivity contribution >= 4 is 32.7 Å². The number of fused-ring (bicyclic) bond motifs is 1. The number of nitrogens with zero attached hydrogens (tertiary/aromatic N) is 1. The number of furan rings is 1. The average Bonchev–Trinajstić information content (AvgIpc) is 3.15. The Morgan fingerprint density at radius 1 is 1.23 bits per heavy atom. The lowest BCUT2D eigenvalue weighted by Gasteiger charge is -2.07. The van der Waals surface area contributed by atoms with Gasteiger partial charge in [0.2, 0.25) is 5.91 Å². The van der Waals surface area contributed by atoms with Crippen LogP contribution in [0.3, 0.4) is 0 Å². The molecule has 0 radical (unpaired) electrons. The third kappa shape index (κ3) is 3.42. The molecule has 0 atom stereocenters. The van der Waals surface area contributed by atoms with Crippen molar-refractivity contribution in [3.8, 4) is 0 Å². The van der Waals surface area contributed by atoms with E-state index < -0.39 is 0 Å². The van der Waals surface area contributed by atoms with E-state index in [4.69, 9.17) is 4.42 Å². The van der Waals surface area contributed by atoms with Crippen LogP contribution in [-0.4, -0.2) is 17.0 Å². The maximum absolute atomic E-state index is 12.0. The Balaban J connectivity index is 1.51. The first-order valence-corrected chi connectivity index (χ1v) is 8.06. The van der Waals surface area contributed by atoms with Crippen molar-refractivity contribution < 1.29 is 9.21 Å². The van der Waals surface area contributed by atoms with E-state index in [2.05, 4.69) is 21.2 Å². The molecule has 0 spiro atoms. The van der Waals surface area contributed by atoms with E-state index in [0.717, 1.165) is 34.0 Å². The van der Waals surface area contributed by atoms with Crippen LogP contribution in [0.4, 0.5) is 0 Å². The highest BCUT2D eigenvalue weighted by Gasteiger charge is 2.07. The summed E-state index contributed by atoms with van der Waals surface area (Å²) in [5.74, 6) is 0.979. The number of hydrogen-bond acceptors (Lipinski definition) is 2. The molecule has 0 aliphatic rings. The van der Waals surface area contributed by atoms with Crippen LogP contribution in [0, 0.1) is 0 Å². The van der Waals surface area contributed by atoms with Gasteiger partial charge in [-0.25, -0.2) is 0 Å². The molecule has 5 heteroatoms. The van der Waals surface area contributed by atoms with Gasteiger partial charge in [-0.3, -0.25) is 4.79 Å². The Bertz CT molecular complexity index is 762. The standard InChI is InChI=1S/C17H17BrN2O2/c18-15-6-1-7-16-14(15)8-10-20(16)12-17(21)19-9-2-4-13-5-3-11-22-13/h1,3,5-8,10-11H,2,4,9,12H2,(H,19,21). The maximum atomic E-state index is 12.0. The van der Waals surface area contributed by atoms with Crippen molar-refractivity contribution in [1.82, 2.24) is 9.88 Å². The van der Waals surface area contributed by atoms with Crippen LogP contribution >= 0.6 is 15.9 Å². The minimum Gasteiger partial charge on any atom is -0.469 e. The predicted octanol–water partition coefficient (Wildman–Crippen LogP) is 3.75. The highest BCUT2D eigenvalue weighted by atomic mass is 79.9. The molecule has 1 N–H and O–H groups in total. The molecule has 2 heterocycles. The van der Waals surface area contributed by atoms with Gasteiger partial charge in [0, 0.05) is 34.5 Å². The van der Waals surface area contributed by atoms with Crippen molar-refractivity contribution in [3.63, 3.8) is 0 Å². The average molecular weight is 361 g/mol. The lowest BCUT2D eigenvalue weighted by molar-refractivity contribution is -0.121. The van der Waals surface area contributed by atoms with Crippen LogP contribution in [0.15, 0.2) is 57.7 Å². The molecule has 0 aliphatic carbocycles. The summed E-state index contributed by atoms with van der Waals surface area (Å²) in [5, 5.41) is 4.07. The van der Waals surface area contributed by atoms with Gasteiger partial charge < -0.3 is 14.3 Å². The van der Waals surface area contributed by atoms with Gasteiger partial charge in [0.1, 0.15) is 12.3 Å². The summed E-state index contributed by atoms with van der Waals surface area (Å²) in [6.45, 7) is 0.989. The van der Waals surface area contributed by atoms with E-state index in [1.807, 2.05) is 47.2 Å². The quantitative estimate of drug-likeness (QED) is 0.680. The van der Waals surface area contributed by atoms with Crippen LogP contribution in [0.2, 0.25) is 0 Å². The maximum Gasteiger partial charge on any atom is 0.239 e. The molecule has 114 valence electrons. The van der Waals surface area contributed by atoms with E-state index in [-0.39, 0.29) is 5.91 Å². The number of halogens is 1. The molecule has 3 rings (SSSR count). The molecule has 0 aliphatic heterocycles. The number of aromatic nitrogens is 1. The third-order valence-corrected chi connectivity index (χ3v) is 4.27. The lowest BCUT2D eigenvalue weighted by atomic mass is 10.2. The lowest BCUT2D eigenvalue weighted by Crippen LogP contribution is -2.28. The van der Waals surface area contributed by atoms with Gasteiger partial charge in [-0.15, -0.1) is 0 Å². The summed E-state index contributed by atoms with van der Waals surface area (Å²) in [7, 11) is 0. The van der Waals surface area contributed by atoms with E-state index >= 15 is 0 Å². The molecule has 0 saturated carbocycles. The smallest absolute Gasteiger partial charge is 0.239 e. The second kappa shape index (κ2) is 6.83. The van der Waals surface area contributed by atoms with Crippen molar-refractivity contribution in [2.24, 2.45) is 0 Å². The van der Waals surface area contributed by atoms with E-state index in [9.17, 15) is 4.79 Å². The first-order chi connectivity index (χ1) is 10.7. The number of carbonyl (C=O) groups is 1. The van der Waals surface area contributed by atoms with Crippen LogP contribution in [0.25, 0.3) is 10.9 Å². The Hall–Kier alpha value is -2.01. The minimum absolute atomic E-state index is 0.0249. The van der Waals surface area contributed by atoms with E-state index in [1.165, 1.54) is 0 Å². The molecule has 2 aromatic heterocycles. The topological polar surface area (TPSA) is 47.2 Å². The number of carbonyl (C=O) groups excluding carboxylic acids is 1. The van der Waals surface area contributed by atoms with Gasteiger partial charge in [0.05, 0.1) is 6.26 Å². The summed E-state index contributed by atoms with van der Waals surface area (Å²) in [6.07, 6.45) is 5.32. The van der Waals surface area contributed by atoms with Crippen molar-refractivity contribution in [2.45, 2.75) is 19.4 Å². The summed E-state index contributed by atoms with van der Waals surface area (Å²) in [5.41, 5.74) is 1.06. The predicted molar refractivity (Wildman–Crippen MR) is 89.7 cm³/mol. The van der Waals surface area contributed by atoms with Gasteiger partial charge in [-0.05, 0) is 36.8 Å². The normalized spacial score (nSPS) is 11.0. The van der Waals surface area contributed by atoms with Crippen LogP contribution in [0.1, 0.15) is 12.2 Å². The second-order valence-corrected chi connectivity index (χ2v) is 6.00. The number of hydrogen-bond donors (Lipinski definition) is 1. The molecule has 1 aromatic carbocycles. The van der Waals surface area contributed by atoms with Crippen LogP contribution < -0.4 is 5.32 Å². The van der Waals surface area contributed by atoms with E-state index in [1.54, 1.807) is 6.26 Å². The van der Waals surface area contributed by atoms with E-state index in [0.29, 0.717) is 13.1 Å². The fraction of sp³-hybridized carbons (Fsp3) is 0.235. The first kappa shape index (κ1) is 14.9. The fourth-order valence-electron chi connectivity index (χ4n) is 2.48. The van der Waals surface area contributed by atoms with Gasteiger partial charge in [0.15, 0.2) is 0 Å². The van der Waals surface area contributed by atoms with Crippen molar-refractivity contribution in [1.29, 1.82) is 0 Å². The number of aryl methyl sites for hydroxylation is 1. The van der Waals surface area contributed by atoms with Gasteiger partial charge in [-0.2, -0.15) is 0 Å². The monoisotopic (exact) mass is 360 g/mol. The fourth-order valence-corrected chi connectivity index (χ4v) is 2.97. The van der Waals surface area contributed by atoms with Gasteiger partial charge in [-0.1, -0.05) is 22.0 Å². The molecule has 4 nitrogen and oxygen atoms in total. The summed E-state index contributed by atoms with van der Waals surface area (Å²) in [6, 6.07) is 11.8. The molecule has 3 aromatic rings. The zero-order chi connectivity index (χ0) is 15.4. The highest BCUT2D eigenvalue weighted by molar-refractivity contribution is 9.10. The number of benzene rings is 1. The third-order valence-electron chi connectivity index (χ3n) is 3.58. The Kier molecular flexibility index (Phi) is 4.63. The Labute approximate surface area is 137 Å². The summed E-state index contributed by atoms with van der Waals surface area (Å²) >= 11 is 3.52. The molecule has 0 fully saturated rings. The van der Waals surface area contributed by atoms with Crippen molar-refractivity contribution in [3.05, 3.63) is 59.1 Å². The number of amides is 1. The number of rotatable bonds is 6. The highest BCUT2D eigenvalue weighted by Crippen LogP contribution is 2.24. The Morgan fingerprint density at radius 3 is 2.95 bits per heavy atom. The molecule has 1 amide bonds. The molecule has 0 saturated heterocycles. The first-order valence-electron chi connectivity index (χ1n) is 7.26. The summed E-state index contributed by atoms with van der Waals surface area (Å²) in [4.78, 5) is 12.0. The van der Waals surface area contributed by atoms with Crippen LogP contribution in [-0.2, 0) is 17.8 Å². The Morgan fingerprint density at radius 2 is 2.14 bits per heavy atom. The molecule has 0 bridgehead atoms. The largest absolute Gasteiger partial charge is 0.469 e. The van der Waals surface area contributed by atoms with Crippen LogP contribution in [0.5, 0.6) is 0 Å². The van der Waals surface area contributed by atoms with Crippen molar-refractivity contribution in [2.75, 3.05) is 6.54 Å². The molecular weight excluding hydrogens is 344 g/mol. The molecule has 0 unspecified atom stereocenters. The van der Waals surface area contributed by atoms with Gasteiger partial charge in [0.25, 0.3) is 0 Å². The summed E-state index contributed by atoms with van der Waals surface area (Å²) < 4.78 is 8.27. The van der Waals surface area contributed by atoms with Gasteiger partial charge >= 0.3 is 0 Å². The molecule has 22 heavy (non-hydrogen) atoms. The SMILES string of the molecule is O=C(Cn1ccc2c(Br)cccc21)NCCCc1ccco1. The number of nitrogens with one attached hydrogen (secondary N) is 1. The minimum atomic E-state index is 0.0249.